The minimum absolute atomic E-state index is 1.31. The molecule has 0 aromatic heterocycles. The lowest BCUT2D eigenvalue weighted by atomic mass is 11.4. The monoisotopic (exact) mass is 130 g/mol. The summed E-state index contributed by atoms with van der Waals surface area (Å²) in [6.45, 7) is 0. The zero-order valence-corrected chi connectivity index (χ0v) is 5.53. The molecule has 0 radical (unpaired) electrons. The predicted molar refractivity (Wildman–Crippen MR) is 35.0 cm³/mol. The van der Waals surface area contributed by atoms with Gasteiger partial charge in [-0.1, -0.05) is 0 Å². The molecule has 0 rings (SSSR count). The van der Waals surface area contributed by atoms with Crippen LogP contribution in [-0.4, -0.2) is 25.3 Å². The van der Waals surface area contributed by atoms with Gasteiger partial charge in [-0.05, 0) is 12.2 Å². The summed E-state index contributed by atoms with van der Waals surface area (Å²) in [4.78, 5) is 15.1. The van der Waals surface area contributed by atoms with Crippen LogP contribution in [0.3, 0.4) is 0 Å². The van der Waals surface area contributed by atoms with Gasteiger partial charge >= 0.3 is 0 Å². The number of aliphatic imine (C=N–C) groups is 2. The summed E-state index contributed by atoms with van der Waals surface area (Å²) in [6, 6.07) is 0. The van der Waals surface area contributed by atoms with E-state index in [-0.39, 0.29) is 0 Å². The molecule has 0 fully saturated rings. The average molecular weight is 130 g/mol. The van der Waals surface area contributed by atoms with Crippen molar-refractivity contribution in [1.29, 1.82) is 0 Å². The highest BCUT2D eigenvalue weighted by Crippen LogP contribution is 1.36. The summed E-state index contributed by atoms with van der Waals surface area (Å²) in [5, 5.41) is 2.14. The molecule has 0 aromatic carbocycles. The fourth-order valence-corrected chi connectivity index (χ4v) is 0. The summed E-state index contributed by atoms with van der Waals surface area (Å²) in [5.41, 5.74) is 0. The Balaban J connectivity index is 0. The first-order chi connectivity index (χ1) is 3.83. The third-order valence-corrected chi connectivity index (χ3v) is 0.365. The fraction of sp³-hybridized carbons (Fsp3) is 0.500. The van der Waals surface area contributed by atoms with Crippen LogP contribution in [0.5, 0.6) is 0 Å². The first-order valence-electron chi connectivity index (χ1n) is 1.75. The van der Waals surface area contributed by atoms with Crippen LogP contribution >= 0.6 is 12.2 Å². The molecule has 0 unspecified atom stereocenters. The van der Waals surface area contributed by atoms with Gasteiger partial charge in [0.05, 0.1) is 5.16 Å². The third-order valence-electron chi connectivity index (χ3n) is 0.183. The molecule has 0 saturated heterocycles. The van der Waals surface area contributed by atoms with E-state index in [0.29, 0.717) is 0 Å². The van der Waals surface area contributed by atoms with Crippen LogP contribution in [0.1, 0.15) is 0 Å². The molecule has 3 nitrogen and oxygen atoms in total. The highest BCUT2D eigenvalue weighted by atomic mass is 32.1. The molecule has 0 atom stereocenters. The van der Waals surface area contributed by atoms with Gasteiger partial charge in [-0.15, -0.1) is 0 Å². The maximum Gasteiger partial charge on any atom is 0.234 e. The topological polar surface area (TPSA) is 41.8 Å². The van der Waals surface area contributed by atoms with Crippen molar-refractivity contribution in [2.75, 3.05) is 14.1 Å². The third kappa shape index (κ3) is 65.0. The Morgan fingerprint density at radius 3 is 1.62 bits per heavy atom. The van der Waals surface area contributed by atoms with Gasteiger partial charge < -0.3 is 0 Å². The van der Waals surface area contributed by atoms with Gasteiger partial charge in [0.25, 0.3) is 0 Å². The van der Waals surface area contributed by atoms with E-state index in [2.05, 4.69) is 27.4 Å². The number of hydrogen-bond donors (Lipinski definition) is 0. The van der Waals surface area contributed by atoms with Gasteiger partial charge in [0, 0.05) is 14.1 Å². The molecule has 0 amide bonds. The summed E-state index contributed by atoms with van der Waals surface area (Å²) < 4.78 is 0. The van der Waals surface area contributed by atoms with Crippen molar-refractivity contribution in [3.8, 4) is 0 Å². The highest BCUT2D eigenvalue weighted by Gasteiger charge is 1.29. The average Bonchev–Trinajstić information content (AvgIpc) is 1.88. The van der Waals surface area contributed by atoms with E-state index in [1.807, 2.05) is 0 Å². The lowest BCUT2D eigenvalue weighted by Crippen LogP contribution is -1.38. The van der Waals surface area contributed by atoms with Crippen molar-refractivity contribution in [1.82, 2.24) is 0 Å². The maximum atomic E-state index is 8.88. The summed E-state index contributed by atoms with van der Waals surface area (Å²) in [7, 11) is 2.97. The first-order valence-corrected chi connectivity index (χ1v) is 2.16. The molecule has 0 spiro atoms. The summed E-state index contributed by atoms with van der Waals surface area (Å²) >= 11 is 4.14. The largest absolute Gasteiger partial charge is 0.236 e. The lowest BCUT2D eigenvalue weighted by molar-refractivity contribution is 0.564. The Kier molecular flexibility index (Phi) is 20.9. The molecule has 0 aliphatic carbocycles. The van der Waals surface area contributed by atoms with Gasteiger partial charge in [0.2, 0.25) is 6.08 Å². The van der Waals surface area contributed by atoms with Crippen molar-refractivity contribution in [3.05, 3.63) is 0 Å². The van der Waals surface area contributed by atoms with Crippen LogP contribution in [0.15, 0.2) is 9.98 Å². The minimum Gasteiger partial charge on any atom is -0.236 e. The van der Waals surface area contributed by atoms with Crippen LogP contribution < -0.4 is 0 Å². The quantitative estimate of drug-likeness (QED) is 0.275. The standard InChI is InChI=1S/C2H3NO.C2H3NS/c2*1-3-2-4/h2*1H3. The Bertz CT molecular complexity index is 106. The zero-order valence-electron chi connectivity index (χ0n) is 4.71. The summed E-state index contributed by atoms with van der Waals surface area (Å²) in [5.74, 6) is 0. The predicted octanol–water partition coefficient (Wildman–Crippen LogP) is 0.671. The molecular weight excluding hydrogens is 124 g/mol. The van der Waals surface area contributed by atoms with Crippen molar-refractivity contribution in [2.45, 2.75) is 0 Å². The Labute approximate surface area is 53.2 Å². The number of hydrogen-bond acceptors (Lipinski definition) is 4. The molecule has 0 saturated carbocycles. The van der Waals surface area contributed by atoms with E-state index in [1.165, 1.54) is 13.1 Å². The molecule has 0 aliphatic heterocycles. The van der Waals surface area contributed by atoms with Gasteiger partial charge in [-0.25, -0.2) is 14.8 Å². The van der Waals surface area contributed by atoms with E-state index in [1.54, 1.807) is 7.05 Å². The molecule has 0 bridgehead atoms. The number of carbonyl (C=O) groups excluding carboxylic acids is 1. The molecule has 0 N–H and O–H groups in total. The second-order valence-electron chi connectivity index (χ2n) is 0.630. The van der Waals surface area contributed by atoms with Crippen LogP contribution in [0, 0.1) is 0 Å². The van der Waals surface area contributed by atoms with E-state index in [4.69, 9.17) is 4.79 Å². The second kappa shape index (κ2) is 16.4. The van der Waals surface area contributed by atoms with Crippen molar-refractivity contribution in [2.24, 2.45) is 9.98 Å². The number of isocyanates is 1. The number of isothiocyanates is 1. The van der Waals surface area contributed by atoms with Crippen LogP contribution in [0.4, 0.5) is 0 Å². The Morgan fingerprint density at radius 2 is 1.62 bits per heavy atom. The van der Waals surface area contributed by atoms with Gasteiger partial charge in [-0.3, -0.25) is 0 Å². The van der Waals surface area contributed by atoms with E-state index >= 15 is 0 Å². The molecule has 0 aliphatic rings. The van der Waals surface area contributed by atoms with Crippen LogP contribution in [0.2, 0.25) is 0 Å². The van der Waals surface area contributed by atoms with Crippen LogP contribution in [-0.2, 0) is 4.79 Å². The van der Waals surface area contributed by atoms with E-state index in [0.717, 1.165) is 0 Å². The van der Waals surface area contributed by atoms with Crippen molar-refractivity contribution < 1.29 is 4.79 Å². The van der Waals surface area contributed by atoms with E-state index < -0.39 is 0 Å². The van der Waals surface area contributed by atoms with E-state index in [9.17, 15) is 0 Å². The molecule has 0 heterocycles. The highest BCUT2D eigenvalue weighted by molar-refractivity contribution is 7.78. The number of nitrogens with zero attached hydrogens (tertiary/aromatic N) is 2. The van der Waals surface area contributed by atoms with Crippen molar-refractivity contribution in [3.63, 3.8) is 0 Å². The number of rotatable bonds is 0. The lowest BCUT2D eigenvalue weighted by Gasteiger charge is -1.39. The molecule has 44 valence electrons. The van der Waals surface area contributed by atoms with Gasteiger partial charge in [0.1, 0.15) is 0 Å². The smallest absolute Gasteiger partial charge is 0.234 e. The summed E-state index contributed by atoms with van der Waals surface area (Å²) in [6.07, 6.45) is 1.31. The molecule has 0 aromatic rings. The van der Waals surface area contributed by atoms with Crippen molar-refractivity contribution >= 4 is 23.5 Å². The first kappa shape index (κ1) is 10.2. The molecular formula is C4H6N2OS. The maximum absolute atomic E-state index is 8.88. The van der Waals surface area contributed by atoms with Gasteiger partial charge in [0.15, 0.2) is 0 Å². The normalized spacial score (nSPS) is 4.25. The SMILES string of the molecule is CN=C=O.CN=C=S. The minimum atomic E-state index is 1.31. The fourth-order valence-electron chi connectivity index (χ4n) is 0. The number of thiocarbonyl (C=S) groups is 1. The second-order valence-corrected chi connectivity index (χ2v) is 0.812. The zero-order chi connectivity index (χ0) is 6.83. The van der Waals surface area contributed by atoms with Crippen LogP contribution in [0.25, 0.3) is 0 Å². The Morgan fingerprint density at radius 1 is 1.38 bits per heavy atom. The van der Waals surface area contributed by atoms with Gasteiger partial charge in [-0.2, -0.15) is 0 Å². The molecule has 8 heavy (non-hydrogen) atoms. The molecule has 4 heteroatoms. The Hall–Kier alpha value is -0.820.